The first-order valence-corrected chi connectivity index (χ1v) is 8.56. The standard InChI is InChI=1S/C16H16N2O5S/c19-13-6-3-7-17(13)14(20)9-23-16(22)8-18-11-4-1-2-5-12(11)24-10-15(18)21/h1-2,4-5H,3,6-10H2. The molecule has 2 aliphatic rings. The number of nitrogens with zero attached hydrogens (tertiary/aromatic N) is 2. The van der Waals surface area contributed by atoms with E-state index in [9.17, 15) is 19.2 Å². The molecule has 0 spiro atoms. The highest BCUT2D eigenvalue weighted by molar-refractivity contribution is 8.00. The molecule has 0 saturated carbocycles. The van der Waals surface area contributed by atoms with Gasteiger partial charge in [-0.25, -0.2) is 0 Å². The maximum absolute atomic E-state index is 12.1. The Morgan fingerprint density at radius 1 is 1.17 bits per heavy atom. The van der Waals surface area contributed by atoms with E-state index in [0.717, 1.165) is 9.80 Å². The maximum Gasteiger partial charge on any atom is 0.326 e. The molecule has 1 aromatic carbocycles. The summed E-state index contributed by atoms with van der Waals surface area (Å²) in [5, 5.41) is 0. The van der Waals surface area contributed by atoms with Crippen molar-refractivity contribution in [3.05, 3.63) is 24.3 Å². The van der Waals surface area contributed by atoms with E-state index >= 15 is 0 Å². The predicted octanol–water partition coefficient (Wildman–Crippen LogP) is 0.817. The second-order valence-corrected chi connectivity index (χ2v) is 6.46. The molecule has 1 aromatic rings. The van der Waals surface area contributed by atoms with Gasteiger partial charge in [0.15, 0.2) is 6.61 Å². The van der Waals surface area contributed by atoms with Gasteiger partial charge in [-0.05, 0) is 18.6 Å². The molecule has 0 unspecified atom stereocenters. The summed E-state index contributed by atoms with van der Waals surface area (Å²) in [6, 6.07) is 7.30. The van der Waals surface area contributed by atoms with Gasteiger partial charge < -0.3 is 4.74 Å². The molecule has 24 heavy (non-hydrogen) atoms. The van der Waals surface area contributed by atoms with Crippen molar-refractivity contribution in [2.24, 2.45) is 0 Å². The number of anilines is 1. The van der Waals surface area contributed by atoms with E-state index in [2.05, 4.69) is 0 Å². The van der Waals surface area contributed by atoms with Gasteiger partial charge in [0.2, 0.25) is 11.8 Å². The van der Waals surface area contributed by atoms with Crippen molar-refractivity contribution in [3.63, 3.8) is 0 Å². The quantitative estimate of drug-likeness (QED) is 0.749. The Balaban J connectivity index is 1.58. The van der Waals surface area contributed by atoms with Crippen molar-refractivity contribution >= 4 is 41.1 Å². The lowest BCUT2D eigenvalue weighted by molar-refractivity contribution is -0.154. The summed E-state index contributed by atoms with van der Waals surface area (Å²) in [5.74, 6) is -1.37. The lowest BCUT2D eigenvalue weighted by atomic mass is 10.2. The molecule has 3 rings (SSSR count). The van der Waals surface area contributed by atoms with Crippen LogP contribution in [0.15, 0.2) is 29.2 Å². The number of benzene rings is 1. The molecule has 1 fully saturated rings. The first-order chi connectivity index (χ1) is 11.6. The third-order valence-electron chi connectivity index (χ3n) is 3.83. The molecule has 8 heteroatoms. The smallest absolute Gasteiger partial charge is 0.326 e. The van der Waals surface area contributed by atoms with E-state index in [1.54, 1.807) is 12.1 Å². The monoisotopic (exact) mass is 348 g/mol. The number of ether oxygens (including phenoxy) is 1. The third kappa shape index (κ3) is 3.43. The number of fused-ring (bicyclic) bond motifs is 1. The number of thioether (sulfide) groups is 1. The molecule has 2 heterocycles. The molecular weight excluding hydrogens is 332 g/mol. The average molecular weight is 348 g/mol. The number of hydrogen-bond acceptors (Lipinski definition) is 6. The van der Waals surface area contributed by atoms with E-state index in [4.69, 9.17) is 4.74 Å². The van der Waals surface area contributed by atoms with Gasteiger partial charge >= 0.3 is 5.97 Å². The zero-order chi connectivity index (χ0) is 17.1. The molecule has 7 nitrogen and oxygen atoms in total. The van der Waals surface area contributed by atoms with Gasteiger partial charge in [0.1, 0.15) is 6.54 Å². The molecule has 3 amide bonds. The Kier molecular flexibility index (Phi) is 4.84. The first-order valence-electron chi connectivity index (χ1n) is 7.57. The van der Waals surface area contributed by atoms with Crippen LogP contribution >= 0.6 is 11.8 Å². The number of imide groups is 1. The van der Waals surface area contributed by atoms with E-state index in [-0.39, 0.29) is 24.1 Å². The summed E-state index contributed by atoms with van der Waals surface area (Å²) in [4.78, 5) is 50.8. The number of rotatable bonds is 4. The summed E-state index contributed by atoms with van der Waals surface area (Å²) < 4.78 is 4.95. The normalized spacial score (nSPS) is 17.0. The van der Waals surface area contributed by atoms with E-state index in [0.29, 0.717) is 25.1 Å². The highest BCUT2D eigenvalue weighted by atomic mass is 32.2. The number of carbonyl (C=O) groups excluding carboxylic acids is 4. The van der Waals surface area contributed by atoms with Crippen molar-refractivity contribution in [2.75, 3.05) is 30.3 Å². The van der Waals surface area contributed by atoms with Crippen molar-refractivity contribution in [2.45, 2.75) is 17.7 Å². The molecule has 0 N–H and O–H groups in total. The molecule has 0 atom stereocenters. The van der Waals surface area contributed by atoms with Crippen LogP contribution in [0.1, 0.15) is 12.8 Å². The Morgan fingerprint density at radius 2 is 1.96 bits per heavy atom. The minimum atomic E-state index is -0.676. The zero-order valence-electron chi connectivity index (χ0n) is 12.9. The summed E-state index contributed by atoms with van der Waals surface area (Å²) in [6.07, 6.45) is 0.978. The van der Waals surface area contributed by atoms with E-state index in [1.165, 1.54) is 16.7 Å². The lowest BCUT2D eigenvalue weighted by Gasteiger charge is -2.28. The van der Waals surface area contributed by atoms with Gasteiger partial charge in [0.05, 0.1) is 11.4 Å². The lowest BCUT2D eigenvalue weighted by Crippen LogP contribution is -2.41. The highest BCUT2D eigenvalue weighted by Gasteiger charge is 2.29. The largest absolute Gasteiger partial charge is 0.454 e. The van der Waals surface area contributed by atoms with Crippen LogP contribution in [-0.2, 0) is 23.9 Å². The number of carbonyl (C=O) groups is 4. The molecule has 0 aromatic heterocycles. The van der Waals surface area contributed by atoms with Crippen molar-refractivity contribution in [1.82, 2.24) is 4.90 Å². The Morgan fingerprint density at radius 3 is 2.71 bits per heavy atom. The first kappa shape index (κ1) is 16.5. The van der Waals surface area contributed by atoms with Gasteiger partial charge in [-0.2, -0.15) is 0 Å². The number of para-hydroxylation sites is 1. The van der Waals surface area contributed by atoms with Crippen LogP contribution < -0.4 is 4.90 Å². The van der Waals surface area contributed by atoms with Gasteiger partial charge in [0.25, 0.3) is 5.91 Å². The fourth-order valence-corrected chi connectivity index (χ4v) is 3.57. The Labute approximate surface area is 142 Å². The zero-order valence-corrected chi connectivity index (χ0v) is 13.7. The van der Waals surface area contributed by atoms with Crippen molar-refractivity contribution in [1.29, 1.82) is 0 Å². The van der Waals surface area contributed by atoms with Crippen LogP contribution in [-0.4, -0.2) is 54.0 Å². The van der Waals surface area contributed by atoms with Gasteiger partial charge in [-0.15, -0.1) is 11.8 Å². The number of amides is 3. The third-order valence-corrected chi connectivity index (χ3v) is 4.87. The highest BCUT2D eigenvalue weighted by Crippen LogP contribution is 2.34. The van der Waals surface area contributed by atoms with Crippen LogP contribution in [0.4, 0.5) is 5.69 Å². The maximum atomic E-state index is 12.1. The Bertz CT molecular complexity index is 705. The van der Waals surface area contributed by atoms with Crippen LogP contribution in [0.2, 0.25) is 0 Å². The minimum Gasteiger partial charge on any atom is -0.454 e. The SMILES string of the molecule is O=C(CN1C(=O)CSc2ccccc21)OCC(=O)N1CCCC1=O. The second kappa shape index (κ2) is 7.04. The topological polar surface area (TPSA) is 84.0 Å². The van der Waals surface area contributed by atoms with Crippen LogP contribution in [0, 0.1) is 0 Å². The van der Waals surface area contributed by atoms with Gasteiger partial charge in [-0.3, -0.25) is 29.0 Å². The Hall–Kier alpha value is -2.35. The molecule has 0 radical (unpaired) electrons. The van der Waals surface area contributed by atoms with Gasteiger partial charge in [-0.1, -0.05) is 12.1 Å². The van der Waals surface area contributed by atoms with Crippen LogP contribution in [0.25, 0.3) is 0 Å². The predicted molar refractivity (Wildman–Crippen MR) is 86.4 cm³/mol. The van der Waals surface area contributed by atoms with Crippen molar-refractivity contribution in [3.8, 4) is 0 Å². The van der Waals surface area contributed by atoms with Gasteiger partial charge in [0, 0.05) is 17.9 Å². The van der Waals surface area contributed by atoms with E-state index in [1.807, 2.05) is 12.1 Å². The fourth-order valence-electron chi connectivity index (χ4n) is 2.63. The van der Waals surface area contributed by atoms with Crippen LogP contribution in [0.3, 0.4) is 0 Å². The molecule has 0 bridgehead atoms. The second-order valence-electron chi connectivity index (χ2n) is 5.44. The number of likely N-dealkylation sites (tertiary alicyclic amines) is 1. The summed E-state index contributed by atoms with van der Waals surface area (Å²) >= 11 is 1.42. The van der Waals surface area contributed by atoms with Crippen LogP contribution in [0.5, 0.6) is 0 Å². The molecule has 2 aliphatic heterocycles. The number of hydrogen-bond donors (Lipinski definition) is 0. The number of esters is 1. The fraction of sp³-hybridized carbons (Fsp3) is 0.375. The molecule has 1 saturated heterocycles. The van der Waals surface area contributed by atoms with Crippen molar-refractivity contribution < 1.29 is 23.9 Å². The average Bonchev–Trinajstić information content (AvgIpc) is 3.01. The van der Waals surface area contributed by atoms with E-state index < -0.39 is 18.5 Å². The molecule has 0 aliphatic carbocycles. The summed E-state index contributed by atoms with van der Waals surface area (Å²) in [6.45, 7) is -0.370. The molecular formula is C16H16N2O5S. The summed E-state index contributed by atoms with van der Waals surface area (Å²) in [7, 11) is 0. The summed E-state index contributed by atoms with van der Waals surface area (Å²) in [5.41, 5.74) is 0.664. The minimum absolute atomic E-state index is 0.184. The molecule has 126 valence electrons.